The number of hydrazone groups is 1. The van der Waals surface area contributed by atoms with Gasteiger partial charge in [0.1, 0.15) is 0 Å². The molecule has 0 aliphatic carbocycles. The Morgan fingerprint density at radius 3 is 3.36 bits per heavy atom. The van der Waals surface area contributed by atoms with Crippen molar-refractivity contribution in [3.8, 4) is 0 Å². The Morgan fingerprint density at radius 2 is 2.55 bits per heavy atom. The minimum absolute atomic E-state index is 1.05. The van der Waals surface area contributed by atoms with E-state index in [-0.39, 0.29) is 0 Å². The van der Waals surface area contributed by atoms with Crippen molar-refractivity contribution < 1.29 is 0 Å². The van der Waals surface area contributed by atoms with Crippen molar-refractivity contribution in [2.75, 3.05) is 7.05 Å². The summed E-state index contributed by atoms with van der Waals surface area (Å²) < 4.78 is 2.22. The highest BCUT2D eigenvalue weighted by Crippen LogP contribution is 2.14. The smallest absolute Gasteiger partial charge is 0.0856 e. The van der Waals surface area contributed by atoms with Gasteiger partial charge in [0.25, 0.3) is 0 Å². The van der Waals surface area contributed by atoms with E-state index in [4.69, 9.17) is 0 Å². The molecule has 0 amide bonds. The molecule has 1 aliphatic heterocycles. The van der Waals surface area contributed by atoms with Gasteiger partial charge in [0, 0.05) is 26.2 Å². The Bertz CT molecular complexity index is 285. The highest BCUT2D eigenvalue weighted by atomic mass is 15.3. The average Bonchev–Trinajstić information content (AvgIpc) is 2.53. The van der Waals surface area contributed by atoms with Crippen molar-refractivity contribution in [1.29, 1.82) is 0 Å². The van der Waals surface area contributed by atoms with Gasteiger partial charge in [0.05, 0.1) is 11.4 Å². The molecule has 0 aromatic carbocycles. The monoisotopic (exact) mass is 149 g/mol. The number of hydrogen-bond donors (Lipinski definition) is 1. The summed E-state index contributed by atoms with van der Waals surface area (Å²) in [6.45, 7) is 1.07. The third kappa shape index (κ3) is 0.926. The van der Waals surface area contributed by atoms with E-state index in [1.54, 1.807) is 0 Å². The number of aromatic nitrogens is 1. The fourth-order valence-electron chi connectivity index (χ4n) is 1.47. The van der Waals surface area contributed by atoms with E-state index in [0.717, 1.165) is 18.7 Å². The molecule has 0 saturated heterocycles. The van der Waals surface area contributed by atoms with E-state index in [0.29, 0.717) is 0 Å². The number of nitrogens with one attached hydrogen (secondary N) is 1. The first-order chi connectivity index (χ1) is 5.42. The van der Waals surface area contributed by atoms with E-state index in [1.807, 2.05) is 7.05 Å². The van der Waals surface area contributed by atoms with Crippen LogP contribution in [0, 0.1) is 0 Å². The molecule has 0 saturated carbocycles. The van der Waals surface area contributed by atoms with Crippen molar-refractivity contribution in [3.05, 3.63) is 24.0 Å². The summed E-state index contributed by atoms with van der Waals surface area (Å²) in [6, 6.07) is 4.16. The van der Waals surface area contributed by atoms with E-state index >= 15 is 0 Å². The van der Waals surface area contributed by atoms with Crippen LogP contribution in [-0.4, -0.2) is 17.3 Å². The maximum Gasteiger partial charge on any atom is 0.0856 e. The number of rotatable bonds is 1. The van der Waals surface area contributed by atoms with Crippen molar-refractivity contribution >= 4 is 5.71 Å². The normalized spacial score (nSPS) is 18.8. The van der Waals surface area contributed by atoms with Gasteiger partial charge in [-0.2, -0.15) is 5.10 Å². The minimum Gasteiger partial charge on any atom is -0.346 e. The molecule has 2 rings (SSSR count). The van der Waals surface area contributed by atoms with Crippen LogP contribution in [0.15, 0.2) is 23.4 Å². The van der Waals surface area contributed by atoms with Crippen LogP contribution in [0.25, 0.3) is 0 Å². The highest BCUT2D eigenvalue weighted by Gasteiger charge is 2.15. The fourth-order valence-corrected chi connectivity index (χ4v) is 1.47. The molecule has 0 radical (unpaired) electrons. The number of fused-ring (bicyclic) bond motifs is 1. The van der Waals surface area contributed by atoms with Gasteiger partial charge in [-0.3, -0.25) is 0 Å². The lowest BCUT2D eigenvalue weighted by atomic mass is 10.2. The van der Waals surface area contributed by atoms with Crippen molar-refractivity contribution in [1.82, 2.24) is 9.99 Å². The molecule has 11 heavy (non-hydrogen) atoms. The van der Waals surface area contributed by atoms with Gasteiger partial charge >= 0.3 is 0 Å². The van der Waals surface area contributed by atoms with Gasteiger partial charge in [0.2, 0.25) is 0 Å². The Balaban J connectivity index is 2.38. The first kappa shape index (κ1) is 6.46. The van der Waals surface area contributed by atoms with Crippen molar-refractivity contribution in [2.24, 2.45) is 5.10 Å². The quantitative estimate of drug-likeness (QED) is 0.588. The van der Waals surface area contributed by atoms with Gasteiger partial charge in [-0.25, -0.2) is 0 Å². The van der Waals surface area contributed by atoms with Crippen LogP contribution in [0.2, 0.25) is 0 Å². The Kier molecular flexibility index (Phi) is 1.42. The molecule has 3 nitrogen and oxygen atoms in total. The first-order valence-electron chi connectivity index (χ1n) is 3.80. The van der Waals surface area contributed by atoms with Gasteiger partial charge in [-0.1, -0.05) is 0 Å². The summed E-state index contributed by atoms with van der Waals surface area (Å²) in [5.41, 5.74) is 5.23. The minimum atomic E-state index is 1.05. The average molecular weight is 149 g/mol. The molecule has 58 valence electrons. The van der Waals surface area contributed by atoms with Crippen LogP contribution in [0.3, 0.4) is 0 Å². The molecule has 2 heterocycles. The summed E-state index contributed by atoms with van der Waals surface area (Å²) in [4.78, 5) is 0. The van der Waals surface area contributed by atoms with E-state index in [2.05, 4.69) is 33.4 Å². The maximum absolute atomic E-state index is 4.18. The topological polar surface area (TPSA) is 29.3 Å². The lowest BCUT2D eigenvalue weighted by Crippen LogP contribution is -2.02. The Morgan fingerprint density at radius 1 is 1.64 bits per heavy atom. The molecule has 0 unspecified atom stereocenters. The number of aryl methyl sites for hydroxylation is 1. The van der Waals surface area contributed by atoms with Crippen LogP contribution in [0.4, 0.5) is 0 Å². The molecule has 1 aromatic rings. The summed E-state index contributed by atoms with van der Waals surface area (Å²) in [7, 11) is 1.83. The van der Waals surface area contributed by atoms with E-state index < -0.39 is 0 Å². The molecule has 1 aliphatic rings. The second kappa shape index (κ2) is 2.42. The van der Waals surface area contributed by atoms with Crippen LogP contribution < -0.4 is 5.43 Å². The SMILES string of the molecule is CN/N=C1/CCn2cccc21. The predicted molar refractivity (Wildman–Crippen MR) is 44.6 cm³/mol. The number of nitrogens with zero attached hydrogens (tertiary/aromatic N) is 2. The summed E-state index contributed by atoms with van der Waals surface area (Å²) >= 11 is 0. The second-order valence-corrected chi connectivity index (χ2v) is 2.62. The first-order valence-corrected chi connectivity index (χ1v) is 3.80. The lowest BCUT2D eigenvalue weighted by Gasteiger charge is -1.93. The second-order valence-electron chi connectivity index (χ2n) is 2.62. The number of hydrogen-bond acceptors (Lipinski definition) is 2. The molecule has 0 fully saturated rings. The predicted octanol–water partition coefficient (Wildman–Crippen LogP) is 0.815. The summed E-state index contributed by atoms with van der Waals surface area (Å²) in [6.07, 6.45) is 3.14. The molecular formula is C8H11N3. The lowest BCUT2D eigenvalue weighted by molar-refractivity contribution is 0.769. The maximum atomic E-state index is 4.18. The van der Waals surface area contributed by atoms with Crippen LogP contribution in [0.5, 0.6) is 0 Å². The zero-order valence-electron chi connectivity index (χ0n) is 6.54. The molecule has 0 bridgehead atoms. The highest BCUT2D eigenvalue weighted by molar-refractivity contribution is 6.00. The van der Waals surface area contributed by atoms with Gasteiger partial charge < -0.3 is 9.99 Å². The third-order valence-electron chi connectivity index (χ3n) is 1.96. The van der Waals surface area contributed by atoms with Crippen LogP contribution in [-0.2, 0) is 6.54 Å². The molecule has 0 spiro atoms. The zero-order chi connectivity index (χ0) is 7.68. The third-order valence-corrected chi connectivity index (χ3v) is 1.96. The Hall–Kier alpha value is -1.25. The standard InChI is InChI=1S/C8H11N3/c1-9-10-7-4-6-11-5-2-3-8(7)11/h2-3,5,9H,4,6H2,1H3/b10-7-. The van der Waals surface area contributed by atoms with Gasteiger partial charge in [-0.15, -0.1) is 0 Å². The van der Waals surface area contributed by atoms with E-state index in [1.165, 1.54) is 5.69 Å². The molecule has 3 heteroatoms. The van der Waals surface area contributed by atoms with E-state index in [9.17, 15) is 0 Å². The molecule has 1 N–H and O–H groups in total. The largest absolute Gasteiger partial charge is 0.346 e. The Labute approximate surface area is 65.7 Å². The van der Waals surface area contributed by atoms with Gasteiger partial charge in [-0.05, 0) is 12.1 Å². The van der Waals surface area contributed by atoms with Crippen LogP contribution in [0.1, 0.15) is 12.1 Å². The van der Waals surface area contributed by atoms with Crippen molar-refractivity contribution in [2.45, 2.75) is 13.0 Å². The van der Waals surface area contributed by atoms with Crippen molar-refractivity contribution in [3.63, 3.8) is 0 Å². The summed E-state index contributed by atoms with van der Waals surface area (Å²) in [5, 5.41) is 4.18. The van der Waals surface area contributed by atoms with Gasteiger partial charge in [0.15, 0.2) is 0 Å². The summed E-state index contributed by atoms with van der Waals surface area (Å²) in [5.74, 6) is 0. The fraction of sp³-hybridized carbons (Fsp3) is 0.375. The molecular weight excluding hydrogens is 138 g/mol. The van der Waals surface area contributed by atoms with Crippen LogP contribution >= 0.6 is 0 Å². The molecule has 0 atom stereocenters. The molecule has 1 aromatic heterocycles. The zero-order valence-corrected chi connectivity index (χ0v) is 6.54.